The van der Waals surface area contributed by atoms with Crippen molar-refractivity contribution in [1.82, 2.24) is 0 Å². The maximum Gasteiger partial charge on any atom is 0.310 e. The maximum atomic E-state index is 10.7. The monoisotopic (exact) mass is 815 g/mol. The quantitative estimate of drug-likeness (QED) is 0.0626. The SMILES string of the molecule is CCCCCCCCC1(CCCCCCCC)c2ccccc2-c2ccc(-c3ccc4c(c3)C(C)(C)c3cc(-c5cc(C)c(BOC(C)(C)C(C)(C)O)c(C)c5)ccc3-4)cc21. The molecule has 0 heterocycles. The zero-order valence-electron chi connectivity index (χ0n) is 39.6. The molecule has 0 bridgehead atoms. The van der Waals surface area contributed by atoms with Crippen molar-refractivity contribution in [3.8, 4) is 44.5 Å². The minimum atomic E-state index is -0.941. The molecule has 0 spiro atoms. The highest BCUT2D eigenvalue weighted by molar-refractivity contribution is 6.48. The predicted molar refractivity (Wildman–Crippen MR) is 265 cm³/mol. The van der Waals surface area contributed by atoms with Crippen molar-refractivity contribution >= 4 is 12.9 Å². The van der Waals surface area contributed by atoms with Crippen LogP contribution in [0.1, 0.15) is 179 Å². The van der Waals surface area contributed by atoms with Gasteiger partial charge >= 0.3 is 7.48 Å². The molecule has 3 heteroatoms. The molecule has 0 aromatic heterocycles. The molecule has 0 aliphatic heterocycles. The molecule has 61 heavy (non-hydrogen) atoms. The topological polar surface area (TPSA) is 29.5 Å². The molecule has 5 aromatic rings. The fourth-order valence-electron chi connectivity index (χ4n) is 10.6. The van der Waals surface area contributed by atoms with Crippen molar-refractivity contribution in [3.63, 3.8) is 0 Å². The summed E-state index contributed by atoms with van der Waals surface area (Å²) in [6, 6.07) is 35.9. The van der Waals surface area contributed by atoms with Gasteiger partial charge in [-0.2, -0.15) is 0 Å². The number of hydrogen-bond donors (Lipinski definition) is 1. The minimum absolute atomic E-state index is 0.0783. The van der Waals surface area contributed by atoms with Gasteiger partial charge in [0, 0.05) is 10.8 Å². The largest absolute Gasteiger partial charge is 0.427 e. The van der Waals surface area contributed by atoms with Crippen LogP contribution in [0.25, 0.3) is 44.5 Å². The van der Waals surface area contributed by atoms with Gasteiger partial charge in [0.15, 0.2) is 0 Å². The van der Waals surface area contributed by atoms with Crippen LogP contribution in [0, 0.1) is 13.8 Å². The third-order valence-electron chi connectivity index (χ3n) is 15.3. The fraction of sp³-hybridized carbons (Fsp3) is 0.483. The lowest BCUT2D eigenvalue weighted by Crippen LogP contribution is -2.49. The van der Waals surface area contributed by atoms with Gasteiger partial charge in [0.25, 0.3) is 0 Å². The van der Waals surface area contributed by atoms with Gasteiger partial charge in [0.1, 0.15) is 0 Å². The number of unbranched alkanes of at least 4 members (excludes halogenated alkanes) is 10. The first-order valence-electron chi connectivity index (χ1n) is 24.1. The Morgan fingerprint density at radius 2 is 0.934 bits per heavy atom. The Morgan fingerprint density at radius 3 is 1.44 bits per heavy atom. The molecule has 2 aliphatic rings. The molecule has 0 amide bonds. The Morgan fingerprint density at radius 1 is 0.508 bits per heavy atom. The van der Waals surface area contributed by atoms with Gasteiger partial charge in [-0.15, -0.1) is 0 Å². The Bertz CT molecular complexity index is 2280. The van der Waals surface area contributed by atoms with Crippen LogP contribution in [0.2, 0.25) is 0 Å². The molecule has 0 radical (unpaired) electrons. The van der Waals surface area contributed by atoms with Gasteiger partial charge in [-0.3, -0.25) is 0 Å². The van der Waals surface area contributed by atoms with E-state index in [1.54, 1.807) is 11.1 Å². The number of hydrogen-bond acceptors (Lipinski definition) is 2. The molecule has 2 nitrogen and oxygen atoms in total. The van der Waals surface area contributed by atoms with Gasteiger partial charge in [-0.1, -0.05) is 189 Å². The van der Waals surface area contributed by atoms with E-state index in [0.29, 0.717) is 7.48 Å². The zero-order valence-corrected chi connectivity index (χ0v) is 39.6. The lowest BCUT2D eigenvalue weighted by Gasteiger charge is -2.38. The first-order valence-corrected chi connectivity index (χ1v) is 24.1. The van der Waals surface area contributed by atoms with Gasteiger partial charge < -0.3 is 9.76 Å². The molecule has 5 aromatic carbocycles. The first kappa shape index (κ1) is 45.1. The molecule has 1 N–H and O–H groups in total. The maximum absolute atomic E-state index is 10.7. The molecular formula is C58H75BO2. The summed E-state index contributed by atoms with van der Waals surface area (Å²) >= 11 is 0. The molecule has 7 rings (SSSR count). The number of rotatable bonds is 20. The van der Waals surface area contributed by atoms with Crippen LogP contribution < -0.4 is 5.46 Å². The van der Waals surface area contributed by atoms with E-state index in [0.717, 1.165) is 0 Å². The lowest BCUT2D eigenvalue weighted by molar-refractivity contribution is -0.0893. The summed E-state index contributed by atoms with van der Waals surface area (Å²) in [6.07, 6.45) is 18.5. The van der Waals surface area contributed by atoms with E-state index in [4.69, 9.17) is 4.65 Å². The van der Waals surface area contributed by atoms with Crippen LogP contribution >= 0.6 is 0 Å². The molecule has 0 unspecified atom stereocenters. The van der Waals surface area contributed by atoms with Crippen molar-refractivity contribution in [2.45, 2.75) is 181 Å². The Labute approximate surface area is 371 Å². The van der Waals surface area contributed by atoms with Crippen LogP contribution in [0.3, 0.4) is 0 Å². The second kappa shape index (κ2) is 18.4. The third-order valence-corrected chi connectivity index (χ3v) is 15.3. The summed E-state index contributed by atoms with van der Waals surface area (Å²) in [5.74, 6) is 0. The summed E-state index contributed by atoms with van der Waals surface area (Å²) in [5, 5.41) is 10.7. The standard InChI is InChI=1S/C58H75BO2/c1-11-13-15-17-19-23-33-58(34-24-20-18-16-14-12-2)50-26-22-21-25-46(50)49-32-28-43(39-53(49)58)42-27-30-47-48-31-29-44(38-52(48)55(5,6)51(47)37-42)45-35-40(3)54(41(4)36-45)59-61-57(9,10)56(7,8)60/h21-22,25-32,35-39,59-60H,11-20,23-24,33-34H2,1-10H3. The molecule has 0 atom stereocenters. The highest BCUT2D eigenvalue weighted by atomic mass is 16.5. The number of benzene rings is 5. The molecule has 0 saturated carbocycles. The van der Waals surface area contributed by atoms with Crippen LogP contribution in [0.15, 0.2) is 91.0 Å². The van der Waals surface area contributed by atoms with Crippen LogP contribution in [-0.4, -0.2) is 23.8 Å². The molecule has 0 fully saturated rings. The first-order chi connectivity index (χ1) is 29.1. The van der Waals surface area contributed by atoms with Crippen molar-refractivity contribution in [3.05, 3.63) is 124 Å². The van der Waals surface area contributed by atoms with Gasteiger partial charge in [0.05, 0.1) is 11.2 Å². The van der Waals surface area contributed by atoms with E-state index < -0.39 is 11.2 Å². The van der Waals surface area contributed by atoms with Gasteiger partial charge in [0.2, 0.25) is 0 Å². The Kier molecular flexibility index (Phi) is 13.6. The lowest BCUT2D eigenvalue weighted by atomic mass is 9.70. The van der Waals surface area contributed by atoms with E-state index in [1.807, 2.05) is 27.7 Å². The normalized spacial score (nSPS) is 14.7. The van der Waals surface area contributed by atoms with Crippen molar-refractivity contribution in [1.29, 1.82) is 0 Å². The molecular weight excluding hydrogens is 739 g/mol. The second-order valence-electron chi connectivity index (χ2n) is 20.5. The van der Waals surface area contributed by atoms with Crippen molar-refractivity contribution in [2.24, 2.45) is 0 Å². The van der Waals surface area contributed by atoms with Crippen LogP contribution in [0.5, 0.6) is 0 Å². The van der Waals surface area contributed by atoms with E-state index >= 15 is 0 Å². The van der Waals surface area contributed by atoms with E-state index in [-0.39, 0.29) is 10.8 Å². The van der Waals surface area contributed by atoms with E-state index in [2.05, 4.69) is 133 Å². The Hall–Kier alpha value is -3.92. The smallest absolute Gasteiger partial charge is 0.310 e. The van der Waals surface area contributed by atoms with Crippen molar-refractivity contribution < 1.29 is 9.76 Å². The van der Waals surface area contributed by atoms with Crippen LogP contribution in [0.4, 0.5) is 0 Å². The zero-order chi connectivity index (χ0) is 43.6. The number of aryl methyl sites for hydroxylation is 2. The Balaban J connectivity index is 1.19. The third kappa shape index (κ3) is 8.99. The summed E-state index contributed by atoms with van der Waals surface area (Å²) in [7, 11) is 0.472. The summed E-state index contributed by atoms with van der Waals surface area (Å²) < 4.78 is 6.31. The minimum Gasteiger partial charge on any atom is -0.427 e. The van der Waals surface area contributed by atoms with Gasteiger partial charge in [-0.25, -0.2) is 0 Å². The summed E-state index contributed by atoms with van der Waals surface area (Å²) in [4.78, 5) is 0. The fourth-order valence-corrected chi connectivity index (χ4v) is 10.6. The van der Waals surface area contributed by atoms with Crippen LogP contribution in [-0.2, 0) is 15.5 Å². The highest BCUT2D eigenvalue weighted by Gasteiger charge is 2.43. The number of fused-ring (bicyclic) bond motifs is 6. The van der Waals surface area contributed by atoms with Crippen molar-refractivity contribution in [2.75, 3.05) is 0 Å². The second-order valence-corrected chi connectivity index (χ2v) is 20.5. The van der Waals surface area contributed by atoms with E-state index in [9.17, 15) is 5.11 Å². The molecule has 322 valence electrons. The average molecular weight is 815 g/mol. The highest BCUT2D eigenvalue weighted by Crippen LogP contribution is 2.56. The molecule has 0 saturated heterocycles. The predicted octanol–water partition coefficient (Wildman–Crippen LogP) is 15.3. The number of aliphatic hydroxyl groups is 1. The summed E-state index contributed by atoms with van der Waals surface area (Å²) in [5.41, 5.74) is 18.7. The summed E-state index contributed by atoms with van der Waals surface area (Å²) in [6.45, 7) is 21.4. The van der Waals surface area contributed by atoms with Gasteiger partial charge in [-0.05, 0) is 145 Å². The molecule has 2 aliphatic carbocycles. The average Bonchev–Trinajstić information content (AvgIpc) is 3.63. The van der Waals surface area contributed by atoms with E-state index in [1.165, 1.54) is 162 Å².